The summed E-state index contributed by atoms with van der Waals surface area (Å²) >= 11 is 6.04. The number of hydrogen-bond acceptors (Lipinski definition) is 4. The Kier molecular flexibility index (Phi) is 11.5. The standard InChI is InChI=1S/C23H37ClN6O.HI/c1-4-27-8-10-28(11-9-27)19(2)18-26-23(25-3)30-14-12-29(13-15-30)22(31)17-20-6-5-7-21(24)16-20;/h5-7,16,19H,4,8-15,17-18H2,1-3H3,(H,25,26);1H. The van der Waals surface area contributed by atoms with Crippen molar-refractivity contribution in [2.45, 2.75) is 26.3 Å². The summed E-state index contributed by atoms with van der Waals surface area (Å²) in [5.41, 5.74) is 0.964. The monoisotopic (exact) mass is 576 g/mol. The van der Waals surface area contributed by atoms with Crippen molar-refractivity contribution in [1.82, 2.24) is 24.9 Å². The summed E-state index contributed by atoms with van der Waals surface area (Å²) in [5.74, 6) is 1.09. The van der Waals surface area contributed by atoms with Gasteiger partial charge in [-0.15, -0.1) is 24.0 Å². The number of nitrogens with zero attached hydrogens (tertiary/aromatic N) is 5. The lowest BCUT2D eigenvalue weighted by molar-refractivity contribution is -0.131. The van der Waals surface area contributed by atoms with Gasteiger partial charge < -0.3 is 20.0 Å². The van der Waals surface area contributed by atoms with Crippen LogP contribution in [0.5, 0.6) is 0 Å². The molecule has 0 saturated carbocycles. The van der Waals surface area contributed by atoms with E-state index in [9.17, 15) is 4.79 Å². The Hall–Kier alpha value is -1.10. The third-order valence-electron chi connectivity index (χ3n) is 6.42. The van der Waals surface area contributed by atoms with Crippen molar-refractivity contribution in [1.29, 1.82) is 0 Å². The van der Waals surface area contributed by atoms with Gasteiger partial charge in [0, 0.05) is 77.0 Å². The zero-order chi connectivity index (χ0) is 22.2. The number of piperazine rings is 2. The van der Waals surface area contributed by atoms with Gasteiger partial charge in [0.05, 0.1) is 6.42 Å². The van der Waals surface area contributed by atoms with Crippen molar-refractivity contribution in [3.05, 3.63) is 34.9 Å². The highest BCUT2D eigenvalue weighted by Gasteiger charge is 2.24. The number of benzene rings is 1. The quantitative estimate of drug-likeness (QED) is 0.320. The second kappa shape index (κ2) is 13.6. The maximum absolute atomic E-state index is 12.7. The number of likely N-dealkylation sites (N-methyl/N-ethyl adjacent to an activating group) is 1. The van der Waals surface area contributed by atoms with E-state index in [-0.39, 0.29) is 29.9 Å². The van der Waals surface area contributed by atoms with Crippen molar-refractivity contribution < 1.29 is 4.79 Å². The summed E-state index contributed by atoms with van der Waals surface area (Å²) in [4.78, 5) is 26.4. The van der Waals surface area contributed by atoms with Crippen LogP contribution in [0.2, 0.25) is 5.02 Å². The Balaban J connectivity index is 0.00000363. The lowest BCUT2D eigenvalue weighted by Gasteiger charge is -2.39. The molecule has 2 aliphatic rings. The van der Waals surface area contributed by atoms with Crippen LogP contribution in [0.25, 0.3) is 0 Å². The van der Waals surface area contributed by atoms with E-state index < -0.39 is 0 Å². The van der Waals surface area contributed by atoms with Crippen LogP contribution in [0.1, 0.15) is 19.4 Å². The molecule has 9 heteroatoms. The highest BCUT2D eigenvalue weighted by atomic mass is 127. The van der Waals surface area contributed by atoms with Gasteiger partial charge in [-0.2, -0.15) is 0 Å². The maximum Gasteiger partial charge on any atom is 0.227 e. The number of aliphatic imine (C=N–C) groups is 1. The van der Waals surface area contributed by atoms with Crippen LogP contribution in [-0.2, 0) is 11.2 Å². The Morgan fingerprint density at radius 3 is 2.34 bits per heavy atom. The molecule has 1 aromatic carbocycles. The van der Waals surface area contributed by atoms with Gasteiger partial charge in [0.25, 0.3) is 0 Å². The van der Waals surface area contributed by atoms with E-state index in [1.165, 1.54) is 0 Å². The topological polar surface area (TPSA) is 54.4 Å². The molecule has 2 saturated heterocycles. The minimum Gasteiger partial charge on any atom is -0.355 e. The van der Waals surface area contributed by atoms with Gasteiger partial charge in [0.1, 0.15) is 0 Å². The number of nitrogens with one attached hydrogen (secondary N) is 1. The molecule has 0 radical (unpaired) electrons. The number of carbonyl (C=O) groups is 1. The summed E-state index contributed by atoms with van der Waals surface area (Å²) in [7, 11) is 1.84. The number of hydrogen-bond donors (Lipinski definition) is 1. The van der Waals surface area contributed by atoms with Gasteiger partial charge in [-0.25, -0.2) is 0 Å². The van der Waals surface area contributed by atoms with Gasteiger partial charge in [-0.3, -0.25) is 14.7 Å². The number of rotatable bonds is 6. The molecule has 2 fully saturated rings. The highest BCUT2D eigenvalue weighted by Crippen LogP contribution is 2.13. The first-order chi connectivity index (χ1) is 15.0. The molecular weight excluding hydrogens is 539 g/mol. The first-order valence-electron chi connectivity index (χ1n) is 11.4. The number of guanidine groups is 1. The summed E-state index contributed by atoms with van der Waals surface area (Å²) in [6.07, 6.45) is 0.399. The van der Waals surface area contributed by atoms with Crippen molar-refractivity contribution in [3.63, 3.8) is 0 Å². The fourth-order valence-corrected chi connectivity index (χ4v) is 4.53. The molecule has 32 heavy (non-hydrogen) atoms. The maximum atomic E-state index is 12.7. The van der Waals surface area contributed by atoms with Gasteiger partial charge >= 0.3 is 0 Å². The molecular formula is C23H38ClIN6O. The van der Waals surface area contributed by atoms with Crippen molar-refractivity contribution >= 4 is 47.4 Å². The number of amides is 1. The van der Waals surface area contributed by atoms with Gasteiger partial charge in [-0.1, -0.05) is 30.7 Å². The van der Waals surface area contributed by atoms with Crippen molar-refractivity contribution in [3.8, 4) is 0 Å². The van der Waals surface area contributed by atoms with E-state index >= 15 is 0 Å². The molecule has 1 amide bonds. The summed E-state index contributed by atoms with van der Waals surface area (Å²) in [6.45, 7) is 14.1. The molecule has 2 aliphatic heterocycles. The minimum absolute atomic E-state index is 0. The smallest absolute Gasteiger partial charge is 0.227 e. The Labute approximate surface area is 215 Å². The molecule has 0 aliphatic carbocycles. The molecule has 1 atom stereocenters. The van der Waals surface area contributed by atoms with Crippen molar-refractivity contribution in [2.75, 3.05) is 72.5 Å². The average Bonchev–Trinajstić information content (AvgIpc) is 2.79. The Morgan fingerprint density at radius 2 is 1.75 bits per heavy atom. The normalized spacial score (nSPS) is 19.4. The van der Waals surface area contributed by atoms with E-state index in [0.29, 0.717) is 30.6 Å². The molecule has 0 spiro atoms. The van der Waals surface area contributed by atoms with Crippen molar-refractivity contribution in [2.24, 2.45) is 4.99 Å². The fourth-order valence-electron chi connectivity index (χ4n) is 4.32. The summed E-state index contributed by atoms with van der Waals surface area (Å²) in [5, 5.41) is 4.23. The predicted molar refractivity (Wildman–Crippen MR) is 143 cm³/mol. The summed E-state index contributed by atoms with van der Waals surface area (Å²) in [6, 6.07) is 8.01. The molecule has 0 bridgehead atoms. The van der Waals surface area contributed by atoms with Crippen LogP contribution in [0.4, 0.5) is 0 Å². The number of carbonyl (C=O) groups excluding carboxylic acids is 1. The van der Waals surface area contributed by atoms with Crippen LogP contribution < -0.4 is 5.32 Å². The van der Waals surface area contributed by atoms with Crippen LogP contribution in [-0.4, -0.2) is 110 Å². The first kappa shape index (κ1) is 27.1. The molecule has 1 aromatic rings. The fraction of sp³-hybridized carbons (Fsp3) is 0.652. The molecule has 7 nitrogen and oxygen atoms in total. The lowest BCUT2D eigenvalue weighted by Crippen LogP contribution is -2.56. The Bertz CT molecular complexity index is 748. The molecule has 0 aromatic heterocycles. The molecule has 1 N–H and O–H groups in total. The highest BCUT2D eigenvalue weighted by molar-refractivity contribution is 14.0. The van der Waals surface area contributed by atoms with Gasteiger partial charge in [-0.05, 0) is 31.2 Å². The zero-order valence-corrected chi connectivity index (χ0v) is 22.7. The zero-order valence-electron chi connectivity index (χ0n) is 19.6. The van der Waals surface area contributed by atoms with Crippen LogP contribution >= 0.6 is 35.6 Å². The molecule has 2 heterocycles. The van der Waals surface area contributed by atoms with E-state index in [1.54, 1.807) is 0 Å². The molecule has 3 rings (SSSR count). The van der Waals surface area contributed by atoms with E-state index in [2.05, 4.69) is 38.9 Å². The average molecular weight is 577 g/mol. The van der Waals surface area contributed by atoms with Crippen LogP contribution in [0.15, 0.2) is 29.3 Å². The molecule has 1 unspecified atom stereocenters. The van der Waals surface area contributed by atoms with Crippen LogP contribution in [0, 0.1) is 0 Å². The van der Waals surface area contributed by atoms with E-state index in [4.69, 9.17) is 11.6 Å². The van der Waals surface area contributed by atoms with E-state index in [0.717, 1.165) is 63.9 Å². The minimum atomic E-state index is 0. The van der Waals surface area contributed by atoms with Gasteiger partial charge in [0.15, 0.2) is 5.96 Å². The first-order valence-corrected chi connectivity index (χ1v) is 11.8. The summed E-state index contributed by atoms with van der Waals surface area (Å²) < 4.78 is 0. The second-order valence-electron chi connectivity index (χ2n) is 8.42. The van der Waals surface area contributed by atoms with Crippen LogP contribution in [0.3, 0.4) is 0 Å². The Morgan fingerprint density at radius 1 is 1.09 bits per heavy atom. The third kappa shape index (κ3) is 7.74. The lowest BCUT2D eigenvalue weighted by atomic mass is 10.1. The third-order valence-corrected chi connectivity index (χ3v) is 6.66. The largest absolute Gasteiger partial charge is 0.355 e. The number of halogens is 2. The predicted octanol–water partition coefficient (Wildman–Crippen LogP) is 2.25. The van der Waals surface area contributed by atoms with E-state index in [1.807, 2.05) is 36.2 Å². The second-order valence-corrected chi connectivity index (χ2v) is 8.86. The SMILES string of the molecule is CCN1CCN(C(C)CNC(=NC)N2CCN(C(=O)Cc3cccc(Cl)c3)CC2)CC1.I. The van der Waals surface area contributed by atoms with Gasteiger partial charge in [0.2, 0.25) is 5.91 Å². The molecule has 180 valence electrons.